The molecular formula is C18H22N6O. The fourth-order valence-corrected chi connectivity index (χ4v) is 3.05. The summed E-state index contributed by atoms with van der Waals surface area (Å²) in [6, 6.07) is 7.66. The number of carbonyl (C=O) groups excluding carboxylic acids is 1. The lowest BCUT2D eigenvalue weighted by Gasteiger charge is -2.24. The standard InChI is InChI=1S/C18H22N6O/c1-15(24-9-2-6-21-24)12-18(25)23-8-3-7-22(10-11-23)17-5-4-16(13-19)14-20-17/h2,4-6,9,14-15H,3,7-8,10-12H2,1H3. The molecule has 0 N–H and O–H groups in total. The Hall–Kier alpha value is -2.88. The summed E-state index contributed by atoms with van der Waals surface area (Å²) in [5, 5.41) is 13.1. The molecule has 2 aromatic rings. The Bertz CT molecular complexity index is 734. The molecule has 130 valence electrons. The Morgan fingerprint density at radius 1 is 1.32 bits per heavy atom. The van der Waals surface area contributed by atoms with Gasteiger partial charge < -0.3 is 9.80 Å². The molecule has 1 saturated heterocycles. The van der Waals surface area contributed by atoms with Gasteiger partial charge in [-0.05, 0) is 31.5 Å². The van der Waals surface area contributed by atoms with Crippen LogP contribution in [-0.2, 0) is 4.79 Å². The van der Waals surface area contributed by atoms with E-state index in [-0.39, 0.29) is 11.9 Å². The smallest absolute Gasteiger partial charge is 0.224 e. The van der Waals surface area contributed by atoms with Gasteiger partial charge in [0.15, 0.2) is 0 Å². The van der Waals surface area contributed by atoms with E-state index in [1.54, 1.807) is 18.5 Å². The molecule has 0 spiro atoms. The molecule has 3 rings (SSSR count). The van der Waals surface area contributed by atoms with Crippen LogP contribution >= 0.6 is 0 Å². The lowest BCUT2D eigenvalue weighted by molar-refractivity contribution is -0.131. The molecule has 7 nitrogen and oxygen atoms in total. The van der Waals surface area contributed by atoms with E-state index >= 15 is 0 Å². The molecule has 1 aliphatic rings. The van der Waals surface area contributed by atoms with Crippen LogP contribution in [0.15, 0.2) is 36.8 Å². The summed E-state index contributed by atoms with van der Waals surface area (Å²) < 4.78 is 1.82. The summed E-state index contributed by atoms with van der Waals surface area (Å²) in [4.78, 5) is 21.1. The van der Waals surface area contributed by atoms with Crippen molar-refractivity contribution in [1.82, 2.24) is 19.7 Å². The molecule has 0 saturated carbocycles. The molecule has 7 heteroatoms. The van der Waals surface area contributed by atoms with Crippen LogP contribution in [0.2, 0.25) is 0 Å². The third kappa shape index (κ3) is 4.15. The van der Waals surface area contributed by atoms with Gasteiger partial charge in [0.25, 0.3) is 0 Å². The zero-order valence-electron chi connectivity index (χ0n) is 14.4. The molecule has 1 atom stereocenters. The van der Waals surface area contributed by atoms with Crippen LogP contribution in [0.4, 0.5) is 5.82 Å². The average molecular weight is 338 g/mol. The second kappa shape index (κ2) is 7.79. The molecule has 0 aliphatic carbocycles. The highest BCUT2D eigenvalue weighted by atomic mass is 16.2. The van der Waals surface area contributed by atoms with Crippen molar-refractivity contribution in [1.29, 1.82) is 5.26 Å². The molecule has 0 aromatic carbocycles. The lowest BCUT2D eigenvalue weighted by atomic mass is 10.2. The van der Waals surface area contributed by atoms with Crippen LogP contribution < -0.4 is 4.90 Å². The number of aromatic nitrogens is 3. The maximum absolute atomic E-state index is 12.6. The molecule has 3 heterocycles. The number of hydrogen-bond acceptors (Lipinski definition) is 5. The van der Waals surface area contributed by atoms with Crippen LogP contribution in [-0.4, -0.2) is 51.8 Å². The summed E-state index contributed by atoms with van der Waals surface area (Å²) in [6.45, 7) is 5.07. The number of nitriles is 1. The van der Waals surface area contributed by atoms with E-state index in [0.717, 1.165) is 31.9 Å². The molecule has 1 aliphatic heterocycles. The molecule has 1 amide bonds. The highest BCUT2D eigenvalue weighted by Crippen LogP contribution is 2.16. The fourth-order valence-electron chi connectivity index (χ4n) is 3.05. The molecule has 1 unspecified atom stereocenters. The minimum atomic E-state index is 0.0575. The zero-order chi connectivity index (χ0) is 17.6. The van der Waals surface area contributed by atoms with E-state index in [2.05, 4.69) is 21.1 Å². The third-order valence-electron chi connectivity index (χ3n) is 4.50. The van der Waals surface area contributed by atoms with Crippen LogP contribution in [0, 0.1) is 11.3 Å². The SMILES string of the molecule is CC(CC(=O)N1CCCN(c2ccc(C#N)cn2)CC1)n1cccn1. The number of nitrogens with zero attached hydrogens (tertiary/aromatic N) is 6. The van der Waals surface area contributed by atoms with Crippen LogP contribution in [0.5, 0.6) is 0 Å². The Balaban J connectivity index is 1.57. The van der Waals surface area contributed by atoms with Gasteiger partial charge in [0, 0.05) is 51.2 Å². The maximum Gasteiger partial charge on any atom is 0.224 e. The average Bonchev–Trinajstić information content (AvgIpc) is 3.06. The highest BCUT2D eigenvalue weighted by Gasteiger charge is 2.21. The first kappa shape index (κ1) is 17.0. The van der Waals surface area contributed by atoms with Crippen molar-refractivity contribution in [2.75, 3.05) is 31.1 Å². The predicted octanol–water partition coefficient (Wildman–Crippen LogP) is 1.84. The highest BCUT2D eigenvalue weighted by molar-refractivity contribution is 5.76. The van der Waals surface area contributed by atoms with Gasteiger partial charge in [0.2, 0.25) is 5.91 Å². The fraction of sp³-hybridized carbons (Fsp3) is 0.444. The third-order valence-corrected chi connectivity index (χ3v) is 4.50. The summed E-state index contributed by atoms with van der Waals surface area (Å²) in [5.41, 5.74) is 0.558. The van der Waals surface area contributed by atoms with E-state index in [1.165, 1.54) is 0 Å². The van der Waals surface area contributed by atoms with E-state index < -0.39 is 0 Å². The van der Waals surface area contributed by atoms with Gasteiger partial charge in [-0.25, -0.2) is 4.98 Å². The van der Waals surface area contributed by atoms with E-state index in [1.807, 2.05) is 34.8 Å². The first-order valence-corrected chi connectivity index (χ1v) is 8.55. The number of hydrogen-bond donors (Lipinski definition) is 0. The first-order valence-electron chi connectivity index (χ1n) is 8.55. The largest absolute Gasteiger partial charge is 0.355 e. The van der Waals surface area contributed by atoms with Crippen molar-refractivity contribution in [3.63, 3.8) is 0 Å². The van der Waals surface area contributed by atoms with Crippen molar-refractivity contribution < 1.29 is 4.79 Å². The van der Waals surface area contributed by atoms with Gasteiger partial charge >= 0.3 is 0 Å². The molecule has 25 heavy (non-hydrogen) atoms. The second-order valence-corrected chi connectivity index (χ2v) is 6.28. The number of pyridine rings is 1. The Labute approximate surface area is 147 Å². The zero-order valence-corrected chi connectivity index (χ0v) is 14.4. The minimum Gasteiger partial charge on any atom is -0.355 e. The quantitative estimate of drug-likeness (QED) is 0.850. The first-order chi connectivity index (χ1) is 12.2. The Morgan fingerprint density at radius 2 is 2.20 bits per heavy atom. The van der Waals surface area contributed by atoms with Gasteiger partial charge in [-0.3, -0.25) is 9.48 Å². The van der Waals surface area contributed by atoms with Crippen LogP contribution in [0.1, 0.15) is 31.4 Å². The van der Waals surface area contributed by atoms with Gasteiger partial charge in [-0.1, -0.05) is 0 Å². The lowest BCUT2D eigenvalue weighted by Crippen LogP contribution is -2.36. The van der Waals surface area contributed by atoms with Crippen molar-refractivity contribution in [2.24, 2.45) is 0 Å². The van der Waals surface area contributed by atoms with Gasteiger partial charge in [-0.15, -0.1) is 0 Å². The van der Waals surface area contributed by atoms with Crippen molar-refractivity contribution >= 4 is 11.7 Å². The molecular weight excluding hydrogens is 316 g/mol. The van der Waals surface area contributed by atoms with E-state index in [4.69, 9.17) is 5.26 Å². The van der Waals surface area contributed by atoms with Gasteiger partial charge in [-0.2, -0.15) is 10.4 Å². The van der Waals surface area contributed by atoms with Gasteiger partial charge in [0.1, 0.15) is 11.9 Å². The maximum atomic E-state index is 12.6. The van der Waals surface area contributed by atoms with E-state index in [0.29, 0.717) is 18.5 Å². The normalized spacial score (nSPS) is 16.2. The second-order valence-electron chi connectivity index (χ2n) is 6.28. The topological polar surface area (TPSA) is 78.0 Å². The van der Waals surface area contributed by atoms with Crippen molar-refractivity contribution in [3.8, 4) is 6.07 Å². The van der Waals surface area contributed by atoms with E-state index in [9.17, 15) is 4.79 Å². The molecule has 0 radical (unpaired) electrons. The Morgan fingerprint density at radius 3 is 2.88 bits per heavy atom. The molecule has 1 fully saturated rings. The summed E-state index contributed by atoms with van der Waals surface area (Å²) >= 11 is 0. The monoisotopic (exact) mass is 338 g/mol. The van der Waals surface area contributed by atoms with Gasteiger partial charge in [0.05, 0.1) is 11.6 Å². The minimum absolute atomic E-state index is 0.0575. The number of amides is 1. The summed E-state index contributed by atoms with van der Waals surface area (Å²) in [7, 11) is 0. The van der Waals surface area contributed by atoms with Crippen molar-refractivity contribution in [3.05, 3.63) is 42.4 Å². The molecule has 0 bridgehead atoms. The predicted molar refractivity (Wildman–Crippen MR) is 93.9 cm³/mol. The number of rotatable bonds is 4. The molecule has 2 aromatic heterocycles. The number of anilines is 1. The summed E-state index contributed by atoms with van der Waals surface area (Å²) in [5.74, 6) is 1.02. The van der Waals surface area contributed by atoms with Crippen molar-refractivity contribution in [2.45, 2.75) is 25.8 Å². The summed E-state index contributed by atoms with van der Waals surface area (Å²) in [6.07, 6.45) is 6.57. The number of carbonyl (C=O) groups is 1. The van der Waals surface area contributed by atoms with Crippen LogP contribution in [0.3, 0.4) is 0 Å². The Kier molecular flexibility index (Phi) is 5.29. The van der Waals surface area contributed by atoms with Crippen LogP contribution in [0.25, 0.3) is 0 Å².